The fourth-order valence-corrected chi connectivity index (χ4v) is 2.74. The van der Waals surface area contributed by atoms with Gasteiger partial charge in [-0.15, -0.1) is 0 Å². The zero-order chi connectivity index (χ0) is 22.4. The molecule has 31 heavy (non-hydrogen) atoms. The summed E-state index contributed by atoms with van der Waals surface area (Å²) in [4.78, 5) is 34.5. The number of nitrogens with one attached hydrogen (secondary N) is 1. The Labute approximate surface area is 182 Å². The highest BCUT2D eigenvalue weighted by Gasteiger charge is 2.12. The average molecular weight is 441 g/mol. The molecule has 0 saturated heterocycles. The molecule has 0 bridgehead atoms. The van der Waals surface area contributed by atoms with E-state index in [0.29, 0.717) is 27.6 Å². The van der Waals surface area contributed by atoms with Crippen LogP contribution in [0.25, 0.3) is 0 Å². The van der Waals surface area contributed by atoms with Gasteiger partial charge < -0.3 is 14.8 Å². The number of benzene rings is 3. The third kappa shape index (κ3) is 6.03. The van der Waals surface area contributed by atoms with Crippen molar-refractivity contribution in [1.82, 2.24) is 0 Å². The first kappa shape index (κ1) is 21.8. The van der Waals surface area contributed by atoms with Crippen molar-refractivity contribution in [1.29, 1.82) is 0 Å². The number of ether oxygens (including phenoxy) is 2. The first-order valence-corrected chi connectivity index (χ1v) is 9.45. The molecule has 1 N–H and O–H groups in total. The summed E-state index contributed by atoms with van der Waals surface area (Å²) in [5.41, 5.74) is 1.45. The summed E-state index contributed by atoms with van der Waals surface area (Å²) in [6, 6.07) is 16.8. The Balaban J connectivity index is 1.53. The fourth-order valence-electron chi connectivity index (χ4n) is 2.62. The van der Waals surface area contributed by atoms with Gasteiger partial charge in [-0.25, -0.2) is 4.79 Å². The fraction of sp³-hybridized carbons (Fsp3) is 0.0909. The topological polar surface area (TPSA) is 108 Å². The van der Waals surface area contributed by atoms with Crippen LogP contribution in [0.5, 0.6) is 11.5 Å². The number of carbonyl (C=O) groups excluding carboxylic acids is 2. The Morgan fingerprint density at radius 1 is 1.03 bits per heavy atom. The Morgan fingerprint density at radius 3 is 2.32 bits per heavy atom. The number of amides is 1. The molecule has 8 nitrogen and oxygen atoms in total. The summed E-state index contributed by atoms with van der Waals surface area (Å²) in [5, 5.41) is 14.1. The van der Waals surface area contributed by atoms with Crippen molar-refractivity contribution in [3.63, 3.8) is 0 Å². The van der Waals surface area contributed by atoms with Gasteiger partial charge in [0.15, 0.2) is 6.61 Å². The molecular weight excluding hydrogens is 424 g/mol. The van der Waals surface area contributed by atoms with Gasteiger partial charge >= 0.3 is 5.97 Å². The highest BCUT2D eigenvalue weighted by atomic mass is 35.5. The highest BCUT2D eigenvalue weighted by molar-refractivity contribution is 6.30. The standard InChI is InChI=1S/C22H17ClN2O6/c1-14-12-18(25(28)29)8-11-20(14)30-13-21(26)31-19-9-2-15(3-10-19)22(27)24-17-6-4-16(23)5-7-17/h2-12H,13H2,1H3,(H,24,27). The molecule has 0 unspecified atom stereocenters. The minimum Gasteiger partial charge on any atom is -0.482 e. The van der Waals surface area contributed by atoms with E-state index >= 15 is 0 Å². The van der Waals surface area contributed by atoms with Crippen molar-refractivity contribution in [3.05, 3.63) is 93.0 Å². The first-order valence-electron chi connectivity index (χ1n) is 9.07. The van der Waals surface area contributed by atoms with Gasteiger partial charge in [-0.2, -0.15) is 0 Å². The number of nitro benzene ring substituents is 1. The van der Waals surface area contributed by atoms with Gasteiger partial charge in [0.25, 0.3) is 11.6 Å². The zero-order valence-electron chi connectivity index (χ0n) is 16.3. The van der Waals surface area contributed by atoms with Gasteiger partial charge in [-0.1, -0.05) is 11.6 Å². The number of halogens is 1. The number of nitro groups is 1. The monoisotopic (exact) mass is 440 g/mol. The maximum atomic E-state index is 12.3. The summed E-state index contributed by atoms with van der Waals surface area (Å²) in [7, 11) is 0. The number of nitrogens with zero attached hydrogens (tertiary/aromatic N) is 1. The Kier molecular flexibility index (Phi) is 6.84. The van der Waals surface area contributed by atoms with Crippen molar-refractivity contribution in [2.45, 2.75) is 6.92 Å². The van der Waals surface area contributed by atoms with Gasteiger partial charge in [0.05, 0.1) is 4.92 Å². The van der Waals surface area contributed by atoms with Crippen LogP contribution in [0.15, 0.2) is 66.7 Å². The van der Waals surface area contributed by atoms with Crippen molar-refractivity contribution in [3.8, 4) is 11.5 Å². The quantitative estimate of drug-likeness (QED) is 0.245. The second-order valence-corrected chi connectivity index (χ2v) is 6.89. The smallest absolute Gasteiger partial charge is 0.349 e. The largest absolute Gasteiger partial charge is 0.482 e. The molecule has 0 saturated carbocycles. The lowest BCUT2D eigenvalue weighted by Crippen LogP contribution is -2.18. The van der Waals surface area contributed by atoms with Crippen LogP contribution in [-0.4, -0.2) is 23.4 Å². The molecule has 0 aliphatic carbocycles. The van der Waals surface area contributed by atoms with Crippen LogP contribution >= 0.6 is 11.6 Å². The van der Waals surface area contributed by atoms with Crippen LogP contribution in [0.1, 0.15) is 15.9 Å². The van der Waals surface area contributed by atoms with Gasteiger partial charge in [-0.05, 0) is 67.1 Å². The second kappa shape index (κ2) is 9.73. The van der Waals surface area contributed by atoms with Gasteiger partial charge in [0.1, 0.15) is 11.5 Å². The van der Waals surface area contributed by atoms with Crippen LogP contribution in [0, 0.1) is 17.0 Å². The molecule has 158 valence electrons. The molecule has 0 spiro atoms. The number of aryl methyl sites for hydroxylation is 1. The van der Waals surface area contributed by atoms with E-state index in [4.69, 9.17) is 21.1 Å². The summed E-state index contributed by atoms with van der Waals surface area (Å²) >= 11 is 5.82. The number of rotatable bonds is 7. The van der Waals surface area contributed by atoms with E-state index in [2.05, 4.69) is 5.32 Å². The third-order valence-corrected chi connectivity index (χ3v) is 4.42. The lowest BCUT2D eigenvalue weighted by atomic mass is 10.2. The molecule has 3 aromatic rings. The van der Waals surface area contributed by atoms with E-state index in [9.17, 15) is 19.7 Å². The molecule has 0 aromatic heterocycles. The van der Waals surface area contributed by atoms with Crippen molar-refractivity contribution in [2.75, 3.05) is 11.9 Å². The van der Waals surface area contributed by atoms with Gasteiger partial charge in [0, 0.05) is 28.4 Å². The molecule has 0 radical (unpaired) electrons. The summed E-state index contributed by atoms with van der Waals surface area (Å²) in [5.74, 6) is -0.387. The number of carbonyl (C=O) groups is 2. The van der Waals surface area contributed by atoms with Crippen molar-refractivity contribution < 1.29 is 24.0 Å². The Bertz CT molecular complexity index is 1110. The van der Waals surface area contributed by atoms with E-state index in [1.807, 2.05) is 0 Å². The minimum atomic E-state index is -0.656. The predicted octanol–water partition coefficient (Wildman–Crippen LogP) is 4.79. The van der Waals surface area contributed by atoms with Crippen LogP contribution in [0.3, 0.4) is 0 Å². The molecular formula is C22H17ClN2O6. The van der Waals surface area contributed by atoms with Crippen LogP contribution < -0.4 is 14.8 Å². The molecule has 1 amide bonds. The van der Waals surface area contributed by atoms with Gasteiger partial charge in [-0.3, -0.25) is 14.9 Å². The number of non-ortho nitro benzene ring substituents is 1. The summed E-state index contributed by atoms with van der Waals surface area (Å²) < 4.78 is 10.6. The van der Waals surface area contributed by atoms with Crippen LogP contribution in [0.4, 0.5) is 11.4 Å². The number of hydrogen-bond donors (Lipinski definition) is 1. The lowest BCUT2D eigenvalue weighted by molar-refractivity contribution is -0.384. The normalized spacial score (nSPS) is 10.3. The van der Waals surface area contributed by atoms with E-state index in [0.717, 1.165) is 0 Å². The number of hydrogen-bond acceptors (Lipinski definition) is 6. The number of esters is 1. The lowest BCUT2D eigenvalue weighted by Gasteiger charge is -2.09. The van der Waals surface area contributed by atoms with E-state index in [1.54, 1.807) is 31.2 Å². The molecule has 0 fully saturated rings. The SMILES string of the molecule is Cc1cc([N+](=O)[O-])ccc1OCC(=O)Oc1ccc(C(=O)Nc2ccc(Cl)cc2)cc1. The number of anilines is 1. The molecule has 0 aliphatic heterocycles. The third-order valence-electron chi connectivity index (χ3n) is 4.17. The maximum absolute atomic E-state index is 12.3. The van der Waals surface area contributed by atoms with Gasteiger partial charge in [0.2, 0.25) is 0 Å². The van der Waals surface area contributed by atoms with Crippen molar-refractivity contribution >= 4 is 34.9 Å². The second-order valence-electron chi connectivity index (χ2n) is 6.46. The zero-order valence-corrected chi connectivity index (χ0v) is 17.1. The van der Waals surface area contributed by atoms with E-state index in [1.165, 1.54) is 42.5 Å². The molecule has 3 aromatic carbocycles. The summed E-state index contributed by atoms with van der Waals surface area (Å²) in [6.45, 7) is 1.26. The highest BCUT2D eigenvalue weighted by Crippen LogP contribution is 2.23. The molecule has 3 rings (SSSR count). The van der Waals surface area contributed by atoms with E-state index in [-0.39, 0.29) is 24.0 Å². The average Bonchev–Trinajstić information content (AvgIpc) is 2.75. The predicted molar refractivity (Wildman–Crippen MR) is 115 cm³/mol. The minimum absolute atomic E-state index is 0.0624. The van der Waals surface area contributed by atoms with Crippen LogP contribution in [-0.2, 0) is 4.79 Å². The van der Waals surface area contributed by atoms with Crippen LogP contribution in [0.2, 0.25) is 5.02 Å². The molecule has 9 heteroatoms. The Hall–Kier alpha value is -3.91. The molecule has 0 atom stereocenters. The molecule has 0 heterocycles. The maximum Gasteiger partial charge on any atom is 0.349 e. The Morgan fingerprint density at radius 2 is 1.71 bits per heavy atom. The van der Waals surface area contributed by atoms with E-state index < -0.39 is 10.9 Å². The molecule has 0 aliphatic rings. The first-order chi connectivity index (χ1) is 14.8. The summed E-state index contributed by atoms with van der Waals surface area (Å²) in [6.07, 6.45) is 0. The van der Waals surface area contributed by atoms with Crippen molar-refractivity contribution in [2.24, 2.45) is 0 Å².